The average Bonchev–Trinajstić information content (AvgIpc) is 3.76. The molecule has 52 heavy (non-hydrogen) atoms. The summed E-state index contributed by atoms with van der Waals surface area (Å²) in [5.41, 5.74) is 3.56. The molecule has 0 aliphatic rings. The van der Waals surface area contributed by atoms with E-state index < -0.39 is 23.8 Å². The number of aromatic nitrogens is 6. The van der Waals surface area contributed by atoms with Crippen molar-refractivity contribution in [3.63, 3.8) is 0 Å². The second kappa shape index (κ2) is 15.7. The first-order chi connectivity index (χ1) is 25.1. The summed E-state index contributed by atoms with van der Waals surface area (Å²) in [5.74, 6) is -3.03. The molecule has 2 unspecified atom stereocenters. The van der Waals surface area contributed by atoms with Crippen molar-refractivity contribution in [2.45, 2.75) is 24.7 Å². The maximum absolute atomic E-state index is 12.2. The van der Waals surface area contributed by atoms with E-state index in [1.165, 1.54) is 46.0 Å². The molecule has 0 amide bonds. The Bertz CT molecular complexity index is 2060. The molecule has 0 saturated heterocycles. The number of carbonyl (C=O) groups is 2. The van der Waals surface area contributed by atoms with E-state index in [9.17, 15) is 30.0 Å². The normalized spacial score (nSPS) is 12.6. The number of rotatable bonds is 17. The van der Waals surface area contributed by atoms with Crippen LogP contribution in [0.25, 0.3) is 33.4 Å². The predicted octanol–water partition coefficient (Wildman–Crippen LogP) is 4.43. The summed E-state index contributed by atoms with van der Waals surface area (Å²) in [6.45, 7) is 0.532. The molecule has 2 atom stereocenters. The molecule has 0 spiro atoms. The van der Waals surface area contributed by atoms with Gasteiger partial charge in [0.2, 0.25) is 0 Å². The summed E-state index contributed by atoms with van der Waals surface area (Å²) in [5, 5.41) is 58.6. The monoisotopic (exact) mass is 712 g/mol. The topological polar surface area (TPSA) is 213 Å². The molecule has 0 saturated carbocycles. The van der Waals surface area contributed by atoms with Crippen molar-refractivity contribution in [2.24, 2.45) is 0 Å². The van der Waals surface area contributed by atoms with Gasteiger partial charge in [0, 0.05) is 25.3 Å². The Morgan fingerprint density at radius 2 is 0.981 bits per heavy atom. The van der Waals surface area contributed by atoms with E-state index in [0.29, 0.717) is 44.7 Å². The van der Waals surface area contributed by atoms with Crippen LogP contribution in [-0.2, 0) is 19.1 Å². The third kappa shape index (κ3) is 7.87. The van der Waals surface area contributed by atoms with E-state index >= 15 is 0 Å². The zero-order valence-electron chi connectivity index (χ0n) is 28.2. The minimum Gasteiger partial charge on any atom is -0.506 e. The number of carboxylic acids is 2. The zero-order chi connectivity index (χ0) is 36.8. The molecule has 4 aromatic carbocycles. The van der Waals surface area contributed by atoms with E-state index in [1.54, 1.807) is 50.6 Å². The highest BCUT2D eigenvalue weighted by Gasteiger charge is 2.24. The van der Waals surface area contributed by atoms with Gasteiger partial charge in [-0.2, -0.15) is 0 Å². The largest absolute Gasteiger partial charge is 0.506 e. The molecule has 0 bridgehead atoms. The number of nitrogens with zero attached hydrogens (tertiary/aromatic N) is 6. The Morgan fingerprint density at radius 1 is 0.577 bits per heavy atom. The lowest BCUT2D eigenvalue weighted by Crippen LogP contribution is -2.17. The van der Waals surface area contributed by atoms with E-state index in [-0.39, 0.29) is 62.1 Å². The molecule has 2 heterocycles. The highest BCUT2D eigenvalue weighted by molar-refractivity contribution is 5.79. The zero-order valence-corrected chi connectivity index (χ0v) is 28.2. The number of aromatic hydroxyl groups is 2. The maximum Gasteiger partial charge on any atom is 0.311 e. The van der Waals surface area contributed by atoms with Crippen LogP contribution in [0.5, 0.6) is 23.0 Å². The smallest absolute Gasteiger partial charge is 0.311 e. The second-order valence-corrected chi connectivity index (χ2v) is 11.8. The first-order valence-electron chi connectivity index (χ1n) is 16.2. The molecule has 16 heteroatoms. The Labute approximate surface area is 296 Å². The van der Waals surface area contributed by atoms with Crippen molar-refractivity contribution in [1.29, 1.82) is 0 Å². The SMILES string of the molecule is COc1ccc2nn(-c3cc(C(CCOCCOCCC(C(=O)O)c4ccc(O)c(-n5nc6ccc(OC)cc6n5)c4)C(=O)O)ccc3O)nc2c1. The molecule has 0 aliphatic heterocycles. The number of phenols is 2. The number of hydrogen-bond donors (Lipinski definition) is 4. The fourth-order valence-electron chi connectivity index (χ4n) is 5.68. The van der Waals surface area contributed by atoms with Crippen molar-refractivity contribution in [3.8, 4) is 34.4 Å². The van der Waals surface area contributed by atoms with E-state index in [1.807, 2.05) is 0 Å². The summed E-state index contributed by atoms with van der Waals surface area (Å²) in [4.78, 5) is 26.9. The molecular weight excluding hydrogens is 676 g/mol. The maximum atomic E-state index is 12.2. The van der Waals surface area contributed by atoms with Gasteiger partial charge in [0.15, 0.2) is 0 Å². The Hall–Kier alpha value is -6.26. The minimum absolute atomic E-state index is 0.109. The van der Waals surface area contributed by atoms with Crippen LogP contribution in [0.1, 0.15) is 35.8 Å². The number of fused-ring (bicyclic) bond motifs is 2. The van der Waals surface area contributed by atoms with Crippen molar-refractivity contribution in [1.82, 2.24) is 30.0 Å². The van der Waals surface area contributed by atoms with Gasteiger partial charge in [-0.3, -0.25) is 9.59 Å². The van der Waals surface area contributed by atoms with Crippen LogP contribution in [-0.4, -0.2) is 103 Å². The van der Waals surface area contributed by atoms with E-state index in [4.69, 9.17) is 18.9 Å². The Balaban J connectivity index is 1.00. The fourth-order valence-corrected chi connectivity index (χ4v) is 5.68. The molecule has 270 valence electrons. The number of methoxy groups -OCH3 is 2. The standard InChI is InChI=1S/C36H36N6O10/c1-49-23-5-7-27-29(19-23)39-41(37-27)31-17-21(3-9-33(31)43)25(35(45)46)11-13-51-15-16-52-14-12-26(36(47)48)22-4-10-34(44)32(18-22)42-38-28-8-6-24(50-2)20-30(28)40-42/h3-10,17-20,25-26,43-44H,11-16H2,1-2H3,(H,45,46)(H,47,48). The lowest BCUT2D eigenvalue weighted by Gasteiger charge is -2.16. The number of hydrogen-bond acceptors (Lipinski definition) is 12. The van der Waals surface area contributed by atoms with Gasteiger partial charge in [-0.05, 0) is 72.5 Å². The van der Waals surface area contributed by atoms with Gasteiger partial charge >= 0.3 is 11.9 Å². The van der Waals surface area contributed by atoms with E-state index in [2.05, 4.69) is 20.4 Å². The summed E-state index contributed by atoms with van der Waals surface area (Å²) in [6, 6.07) is 19.3. The number of carboxylic acid groups (broad SMARTS) is 2. The summed E-state index contributed by atoms with van der Waals surface area (Å²) in [7, 11) is 3.08. The molecule has 4 N–H and O–H groups in total. The van der Waals surface area contributed by atoms with Crippen LogP contribution in [0.15, 0.2) is 72.8 Å². The third-order valence-electron chi connectivity index (χ3n) is 8.48. The van der Waals surface area contributed by atoms with Crippen LogP contribution in [0.2, 0.25) is 0 Å². The van der Waals surface area contributed by atoms with Crippen LogP contribution in [0, 0.1) is 0 Å². The predicted molar refractivity (Wildman–Crippen MR) is 186 cm³/mol. The number of benzene rings is 4. The molecular formula is C36H36N6O10. The quantitative estimate of drug-likeness (QED) is 0.0964. The van der Waals surface area contributed by atoms with Gasteiger partial charge in [0.05, 0.1) is 39.3 Å². The summed E-state index contributed by atoms with van der Waals surface area (Å²) < 4.78 is 21.8. The molecule has 6 aromatic rings. The highest BCUT2D eigenvalue weighted by atomic mass is 16.5. The first-order valence-corrected chi connectivity index (χ1v) is 16.2. The summed E-state index contributed by atoms with van der Waals surface area (Å²) in [6.07, 6.45) is 0.285. The van der Waals surface area contributed by atoms with Gasteiger partial charge in [0.25, 0.3) is 0 Å². The van der Waals surface area contributed by atoms with Crippen LogP contribution < -0.4 is 9.47 Å². The van der Waals surface area contributed by atoms with Crippen molar-refractivity contribution < 1.29 is 49.0 Å². The van der Waals surface area contributed by atoms with Gasteiger partial charge in [-0.25, -0.2) is 0 Å². The van der Waals surface area contributed by atoms with Gasteiger partial charge < -0.3 is 39.4 Å². The lowest BCUT2D eigenvalue weighted by molar-refractivity contribution is -0.140. The van der Waals surface area contributed by atoms with Crippen molar-refractivity contribution in [3.05, 3.63) is 83.9 Å². The van der Waals surface area contributed by atoms with Gasteiger partial charge in [0.1, 0.15) is 56.4 Å². The molecule has 2 aromatic heterocycles. The Kier molecular flexibility index (Phi) is 10.8. The summed E-state index contributed by atoms with van der Waals surface area (Å²) >= 11 is 0. The number of ether oxygens (including phenoxy) is 4. The molecule has 0 aliphatic carbocycles. The number of aliphatic carboxylic acids is 2. The fraction of sp³-hybridized carbons (Fsp3) is 0.278. The molecule has 0 radical (unpaired) electrons. The van der Waals surface area contributed by atoms with Crippen LogP contribution >= 0.6 is 0 Å². The average molecular weight is 713 g/mol. The molecule has 6 rings (SSSR count). The lowest BCUT2D eigenvalue weighted by atomic mass is 9.95. The minimum atomic E-state index is -1.06. The Morgan fingerprint density at radius 3 is 1.37 bits per heavy atom. The van der Waals surface area contributed by atoms with Crippen molar-refractivity contribution >= 4 is 34.0 Å². The van der Waals surface area contributed by atoms with Gasteiger partial charge in [-0.1, -0.05) is 12.1 Å². The van der Waals surface area contributed by atoms with E-state index in [0.717, 1.165) is 0 Å². The van der Waals surface area contributed by atoms with Gasteiger partial charge in [-0.15, -0.1) is 30.0 Å². The second-order valence-electron chi connectivity index (χ2n) is 11.8. The van der Waals surface area contributed by atoms with Crippen LogP contribution in [0.3, 0.4) is 0 Å². The molecule has 16 nitrogen and oxygen atoms in total. The first kappa shape index (κ1) is 35.6. The van der Waals surface area contributed by atoms with Crippen molar-refractivity contribution in [2.75, 3.05) is 40.6 Å². The number of phenolic OH excluding ortho intramolecular Hbond substituents is 2. The third-order valence-corrected chi connectivity index (χ3v) is 8.48. The highest BCUT2D eigenvalue weighted by Crippen LogP contribution is 2.31. The van der Waals surface area contributed by atoms with Crippen LogP contribution in [0.4, 0.5) is 0 Å². The molecule has 0 fully saturated rings.